The van der Waals surface area contributed by atoms with E-state index in [0.717, 1.165) is 19.3 Å². The van der Waals surface area contributed by atoms with Gasteiger partial charge in [0.25, 0.3) is 0 Å². The van der Waals surface area contributed by atoms with Crippen molar-refractivity contribution in [3.05, 3.63) is 0 Å². The first-order valence-electron chi connectivity index (χ1n) is 4.54. The average Bonchev–Trinajstić information content (AvgIpc) is 2.04. The van der Waals surface area contributed by atoms with Crippen molar-refractivity contribution in [2.24, 2.45) is 4.99 Å². The van der Waals surface area contributed by atoms with Crippen molar-refractivity contribution in [3.63, 3.8) is 0 Å². The number of hydrogen-bond donors (Lipinski definition) is 1. The van der Waals surface area contributed by atoms with E-state index in [9.17, 15) is 9.90 Å². The van der Waals surface area contributed by atoms with Crippen LogP contribution < -0.4 is 56.5 Å². The minimum atomic E-state index is -1.11. The summed E-state index contributed by atoms with van der Waals surface area (Å²) in [6.07, 6.45) is 3.75. The van der Waals surface area contributed by atoms with E-state index in [4.69, 9.17) is 5.11 Å². The maximum Gasteiger partial charge on any atom is 1.00 e. The van der Waals surface area contributed by atoms with Gasteiger partial charge in [-0.25, -0.2) is 4.79 Å². The number of carboxylic acids is 1. The molecule has 0 aliphatic heterocycles. The number of aliphatic imine (C=N–C) groups is 1. The van der Waals surface area contributed by atoms with Crippen molar-refractivity contribution < 1.29 is 66.4 Å². The van der Waals surface area contributed by atoms with Gasteiger partial charge in [-0.2, -0.15) is 0 Å². The van der Waals surface area contributed by atoms with E-state index < -0.39 is 11.5 Å². The molecule has 0 spiro atoms. The molecule has 1 rings (SSSR count). The van der Waals surface area contributed by atoms with Gasteiger partial charge in [0, 0.05) is 0 Å². The second kappa shape index (κ2) is 6.22. The molecule has 4 nitrogen and oxygen atoms in total. The first-order chi connectivity index (χ1) is 6.07. The zero-order chi connectivity index (χ0) is 9.90. The van der Waals surface area contributed by atoms with E-state index in [0.29, 0.717) is 12.8 Å². The Morgan fingerprint density at radius 1 is 1.36 bits per heavy atom. The Kier molecular flexibility index (Phi) is 6.48. The number of hydrogen-bond acceptors (Lipinski definition) is 3. The van der Waals surface area contributed by atoms with Gasteiger partial charge in [0.15, 0.2) is 5.54 Å². The molecule has 0 radical (unpaired) electrons. The summed E-state index contributed by atoms with van der Waals surface area (Å²) in [5.74, 6) is -1.34. The van der Waals surface area contributed by atoms with E-state index in [2.05, 4.69) is 4.99 Å². The minimum absolute atomic E-state index is 0. The summed E-state index contributed by atoms with van der Waals surface area (Å²) in [5, 5.41) is 19.8. The van der Waals surface area contributed by atoms with Crippen molar-refractivity contribution in [1.82, 2.24) is 0 Å². The molecule has 14 heavy (non-hydrogen) atoms. The summed E-state index contributed by atoms with van der Waals surface area (Å²) in [6, 6.07) is 0. The molecule has 1 fully saturated rings. The van der Waals surface area contributed by atoms with E-state index in [1.807, 2.05) is 0 Å². The van der Waals surface area contributed by atoms with Crippen LogP contribution in [0.2, 0.25) is 0 Å². The van der Waals surface area contributed by atoms with Crippen LogP contribution in [-0.4, -0.2) is 22.5 Å². The van der Waals surface area contributed by atoms with Crippen molar-refractivity contribution in [3.8, 4) is 0 Å². The summed E-state index contributed by atoms with van der Waals surface area (Å²) in [4.78, 5) is 14.7. The van der Waals surface area contributed by atoms with Crippen LogP contribution in [0.1, 0.15) is 39.0 Å². The molecule has 1 N–H and O–H groups in total. The first kappa shape index (κ1) is 14.6. The van der Waals surface area contributed by atoms with Crippen molar-refractivity contribution in [1.29, 1.82) is 0 Å². The van der Waals surface area contributed by atoms with Gasteiger partial charge in [-0.1, -0.05) is 19.3 Å². The molecule has 0 atom stereocenters. The molecule has 0 heterocycles. The Hall–Kier alpha value is 0.576. The van der Waals surface area contributed by atoms with Gasteiger partial charge in [-0.15, -0.1) is 0 Å². The monoisotopic (exact) mass is 223 g/mol. The Labute approximate surface area is 126 Å². The van der Waals surface area contributed by atoms with Crippen LogP contribution in [0.3, 0.4) is 0 Å². The van der Waals surface area contributed by atoms with Crippen LogP contribution in [0.25, 0.3) is 0 Å². The molecule has 5 heteroatoms. The van der Waals surface area contributed by atoms with Gasteiger partial charge >= 0.3 is 57.4 Å². The summed E-state index contributed by atoms with van der Waals surface area (Å²) < 4.78 is 0. The second-order valence-electron chi connectivity index (χ2n) is 3.53. The van der Waals surface area contributed by atoms with Gasteiger partial charge in [-0.05, 0) is 25.7 Å². The Morgan fingerprint density at radius 2 is 1.86 bits per heavy atom. The average molecular weight is 223 g/mol. The molecule has 0 amide bonds. The molecule has 0 bridgehead atoms. The van der Waals surface area contributed by atoms with Gasteiger partial charge in [0.2, 0.25) is 0 Å². The number of carboxylic acid groups (broad SMARTS) is 1. The van der Waals surface area contributed by atoms with E-state index >= 15 is 0 Å². The van der Waals surface area contributed by atoms with Crippen molar-refractivity contribution in [2.75, 3.05) is 0 Å². The van der Waals surface area contributed by atoms with Gasteiger partial charge in [0.05, 0.1) is 0 Å². The number of carbonyl (C=O) groups is 1. The zero-order valence-corrected chi connectivity index (χ0v) is 11.9. The van der Waals surface area contributed by atoms with E-state index in [1.165, 1.54) is 6.92 Å². The fraction of sp³-hybridized carbons (Fsp3) is 0.778. The smallest absolute Gasteiger partial charge is 0.862 e. The normalized spacial score (nSPS) is 21.1. The third-order valence-electron chi connectivity index (χ3n) is 2.45. The van der Waals surface area contributed by atoms with Crippen LogP contribution in [0.5, 0.6) is 0 Å². The van der Waals surface area contributed by atoms with Crippen molar-refractivity contribution in [2.45, 2.75) is 44.6 Å². The maximum absolute atomic E-state index is 11.0. The minimum Gasteiger partial charge on any atom is -0.862 e. The first-order valence-corrected chi connectivity index (χ1v) is 4.54. The standard InChI is InChI=1S/C9H15NO3.K/c1-7(11)10-9(8(12)13)5-3-2-4-6-9;/h2-6H2,1H3,(H,10,11)(H,12,13);/q;+1/p-1. The van der Waals surface area contributed by atoms with Gasteiger partial charge < -0.3 is 10.2 Å². The summed E-state index contributed by atoms with van der Waals surface area (Å²) >= 11 is 0. The molecule has 0 aromatic heterocycles. The largest absolute Gasteiger partial charge is 1.00 e. The summed E-state index contributed by atoms with van der Waals surface area (Å²) in [6.45, 7) is 1.30. The fourth-order valence-electron chi connectivity index (χ4n) is 1.81. The topological polar surface area (TPSA) is 72.7 Å². The summed E-state index contributed by atoms with van der Waals surface area (Å²) in [5.41, 5.74) is -1.11. The zero-order valence-electron chi connectivity index (χ0n) is 8.75. The van der Waals surface area contributed by atoms with E-state index in [1.54, 1.807) is 0 Å². The predicted molar refractivity (Wildman–Crippen MR) is 46.6 cm³/mol. The molecule has 1 saturated carbocycles. The SMILES string of the molecule is CC([O-])=NC1(C(=O)O)CCCCC1.[K+]. The molecular weight excluding hydrogens is 209 g/mol. The quantitative estimate of drug-likeness (QED) is 0.321. The number of rotatable bonds is 2. The molecule has 1 aliphatic carbocycles. The fourth-order valence-corrected chi connectivity index (χ4v) is 1.81. The van der Waals surface area contributed by atoms with Crippen LogP contribution in [0, 0.1) is 0 Å². The molecule has 0 saturated heterocycles. The Bertz CT molecular complexity index is 230. The van der Waals surface area contributed by atoms with Crippen LogP contribution >= 0.6 is 0 Å². The summed E-state index contributed by atoms with van der Waals surface area (Å²) in [7, 11) is 0. The molecule has 0 unspecified atom stereocenters. The molecule has 0 aromatic carbocycles. The van der Waals surface area contributed by atoms with Gasteiger partial charge in [-0.3, -0.25) is 4.99 Å². The molecule has 0 aromatic rings. The third-order valence-corrected chi connectivity index (χ3v) is 2.45. The van der Waals surface area contributed by atoms with E-state index in [-0.39, 0.29) is 57.3 Å². The predicted octanol–water partition coefficient (Wildman–Crippen LogP) is -2.44. The van der Waals surface area contributed by atoms with Crippen LogP contribution in [0.4, 0.5) is 0 Å². The molecule has 1 aliphatic rings. The Balaban J connectivity index is 0.00000169. The third kappa shape index (κ3) is 3.62. The second-order valence-corrected chi connectivity index (χ2v) is 3.53. The van der Waals surface area contributed by atoms with Gasteiger partial charge in [0.1, 0.15) is 0 Å². The van der Waals surface area contributed by atoms with Crippen molar-refractivity contribution >= 4 is 11.9 Å². The maximum atomic E-state index is 11.0. The number of nitrogens with zero attached hydrogens (tertiary/aromatic N) is 1. The molecule has 74 valence electrons. The Morgan fingerprint density at radius 3 is 2.21 bits per heavy atom. The van der Waals surface area contributed by atoms with Crippen LogP contribution in [0.15, 0.2) is 4.99 Å². The number of aliphatic carboxylic acids is 1. The molecular formula is C9H14KNO3. The van der Waals surface area contributed by atoms with Crippen LogP contribution in [-0.2, 0) is 4.79 Å².